The summed E-state index contributed by atoms with van der Waals surface area (Å²) in [6.07, 6.45) is -0.297. The topological polar surface area (TPSA) is 51.5 Å². The van der Waals surface area contributed by atoms with Gasteiger partial charge >= 0.3 is 5.97 Å². The molecule has 5 heteroatoms. The van der Waals surface area contributed by atoms with Gasteiger partial charge in [-0.15, -0.1) is 0 Å². The summed E-state index contributed by atoms with van der Waals surface area (Å²) in [5.41, 5.74) is 2.21. The molecule has 2 rings (SSSR count). The molecular weight excluding hydrogens is 322 g/mol. The highest BCUT2D eigenvalue weighted by molar-refractivity contribution is 9.10. The number of benzene rings is 1. The van der Waals surface area contributed by atoms with Crippen LogP contribution >= 0.6 is 15.9 Å². The van der Waals surface area contributed by atoms with Crippen LogP contribution in [0, 0.1) is 6.92 Å². The van der Waals surface area contributed by atoms with Crippen molar-refractivity contribution in [1.29, 1.82) is 0 Å². The molecule has 108 valence electrons. The van der Waals surface area contributed by atoms with Crippen LogP contribution in [0.5, 0.6) is 0 Å². The molecule has 4 nitrogen and oxygen atoms in total. The van der Waals surface area contributed by atoms with Crippen LogP contribution in [-0.2, 0) is 16.1 Å². The number of nitrogens with zero attached hydrogens (tertiary/aromatic N) is 1. The number of rotatable bonds is 6. The summed E-state index contributed by atoms with van der Waals surface area (Å²) < 4.78 is 8.46. The maximum Gasteiger partial charge on any atom is 0.332 e. The van der Waals surface area contributed by atoms with Gasteiger partial charge in [-0.1, -0.05) is 18.2 Å². The second kappa shape index (κ2) is 6.41. The zero-order chi connectivity index (χ0) is 14.7. The molecule has 1 heterocycles. The number of carboxylic acid groups (broad SMARTS) is 1. The Kier molecular flexibility index (Phi) is 4.83. The summed E-state index contributed by atoms with van der Waals surface area (Å²) in [7, 11) is 0. The maximum absolute atomic E-state index is 11.1. The second-order valence-corrected chi connectivity index (χ2v) is 5.43. The van der Waals surface area contributed by atoms with E-state index in [0.717, 1.165) is 21.1 Å². The highest BCUT2D eigenvalue weighted by Crippen LogP contribution is 2.30. The number of carboxylic acids is 1. The number of carbonyl (C=O) groups is 1. The van der Waals surface area contributed by atoms with Crippen molar-refractivity contribution in [3.05, 3.63) is 34.4 Å². The fraction of sp³-hybridized carbons (Fsp3) is 0.400. The number of hydrogen-bond donors (Lipinski definition) is 1. The molecule has 20 heavy (non-hydrogen) atoms. The predicted octanol–water partition coefficient (Wildman–Crippen LogP) is 3.59. The Morgan fingerprint density at radius 3 is 2.80 bits per heavy atom. The average Bonchev–Trinajstić information content (AvgIpc) is 2.68. The molecule has 0 fully saturated rings. The van der Waals surface area contributed by atoms with Crippen LogP contribution in [-0.4, -0.2) is 28.4 Å². The molecule has 0 aliphatic rings. The second-order valence-electron chi connectivity index (χ2n) is 4.64. The van der Waals surface area contributed by atoms with Gasteiger partial charge in [-0.2, -0.15) is 0 Å². The Morgan fingerprint density at radius 2 is 2.15 bits per heavy atom. The Balaban J connectivity index is 2.25. The van der Waals surface area contributed by atoms with Crippen molar-refractivity contribution in [2.75, 3.05) is 6.61 Å². The lowest BCUT2D eigenvalue weighted by atomic mass is 10.2. The summed E-state index contributed by atoms with van der Waals surface area (Å²) in [5, 5.41) is 10.3. The van der Waals surface area contributed by atoms with Gasteiger partial charge in [-0.05, 0) is 35.8 Å². The van der Waals surface area contributed by atoms with Crippen LogP contribution in [0.25, 0.3) is 10.9 Å². The number of para-hydroxylation sites is 1. The standard InChI is InChI=1S/C15H18BrNO3/c1-3-20-13(15(18)19)8-9-17-10(2)14(16)11-6-4-5-7-12(11)17/h4-7,13H,3,8-9H2,1-2H3,(H,18,19). The summed E-state index contributed by atoms with van der Waals surface area (Å²) >= 11 is 3.60. The first-order valence-corrected chi connectivity index (χ1v) is 7.43. The molecule has 0 amide bonds. The minimum Gasteiger partial charge on any atom is -0.479 e. The van der Waals surface area contributed by atoms with Gasteiger partial charge in [0.25, 0.3) is 0 Å². The number of aryl methyl sites for hydroxylation is 1. The Morgan fingerprint density at radius 1 is 1.45 bits per heavy atom. The van der Waals surface area contributed by atoms with Gasteiger partial charge in [0.2, 0.25) is 0 Å². The van der Waals surface area contributed by atoms with Gasteiger partial charge in [0.15, 0.2) is 6.10 Å². The first-order valence-electron chi connectivity index (χ1n) is 6.64. The van der Waals surface area contributed by atoms with Crippen molar-refractivity contribution in [2.45, 2.75) is 32.9 Å². The van der Waals surface area contributed by atoms with Crippen molar-refractivity contribution >= 4 is 32.8 Å². The van der Waals surface area contributed by atoms with E-state index in [2.05, 4.69) is 26.6 Å². The van der Waals surface area contributed by atoms with Crippen molar-refractivity contribution in [3.63, 3.8) is 0 Å². The van der Waals surface area contributed by atoms with Crippen LogP contribution in [0.2, 0.25) is 0 Å². The van der Waals surface area contributed by atoms with Crippen LogP contribution in [0.4, 0.5) is 0 Å². The number of halogens is 1. The number of aromatic nitrogens is 1. The Bertz CT molecular complexity index is 621. The van der Waals surface area contributed by atoms with E-state index in [-0.39, 0.29) is 0 Å². The van der Waals surface area contributed by atoms with E-state index < -0.39 is 12.1 Å². The number of fused-ring (bicyclic) bond motifs is 1. The van der Waals surface area contributed by atoms with E-state index in [4.69, 9.17) is 9.84 Å². The summed E-state index contributed by atoms with van der Waals surface area (Å²) in [5.74, 6) is -0.903. The minimum atomic E-state index is -0.903. The SMILES string of the molecule is CCOC(CCn1c(C)c(Br)c2ccccc21)C(=O)O. The monoisotopic (exact) mass is 339 g/mol. The van der Waals surface area contributed by atoms with Crippen LogP contribution in [0.1, 0.15) is 19.0 Å². The molecule has 0 saturated carbocycles. The quantitative estimate of drug-likeness (QED) is 0.874. The van der Waals surface area contributed by atoms with Crippen molar-refractivity contribution < 1.29 is 14.6 Å². The van der Waals surface area contributed by atoms with Crippen LogP contribution in [0.15, 0.2) is 28.7 Å². The first-order chi connectivity index (χ1) is 9.56. The summed E-state index contributed by atoms with van der Waals surface area (Å²) in [6.45, 7) is 4.87. The molecule has 0 bridgehead atoms. The average molecular weight is 340 g/mol. The minimum absolute atomic E-state index is 0.409. The van der Waals surface area contributed by atoms with Gasteiger partial charge in [-0.3, -0.25) is 0 Å². The maximum atomic E-state index is 11.1. The molecule has 1 atom stereocenters. The van der Waals surface area contributed by atoms with Gasteiger partial charge in [-0.25, -0.2) is 4.79 Å². The zero-order valence-electron chi connectivity index (χ0n) is 11.6. The van der Waals surface area contributed by atoms with Crippen LogP contribution in [0.3, 0.4) is 0 Å². The lowest BCUT2D eigenvalue weighted by molar-refractivity contribution is -0.150. The Labute approximate surface area is 126 Å². The summed E-state index contributed by atoms with van der Waals surface area (Å²) in [4.78, 5) is 11.1. The van der Waals surface area contributed by atoms with Gasteiger partial charge < -0.3 is 14.4 Å². The normalized spacial score (nSPS) is 12.8. The van der Waals surface area contributed by atoms with Crippen molar-refractivity contribution in [1.82, 2.24) is 4.57 Å². The molecule has 2 aromatic rings. The molecule has 1 aromatic carbocycles. The fourth-order valence-electron chi connectivity index (χ4n) is 2.40. The molecular formula is C15H18BrNO3. The number of ether oxygens (including phenoxy) is 1. The van der Waals surface area contributed by atoms with E-state index in [1.807, 2.05) is 32.0 Å². The van der Waals surface area contributed by atoms with E-state index in [9.17, 15) is 4.79 Å². The lowest BCUT2D eigenvalue weighted by Gasteiger charge is -2.14. The van der Waals surface area contributed by atoms with Crippen molar-refractivity contribution in [3.8, 4) is 0 Å². The first kappa shape index (κ1) is 15.1. The third kappa shape index (κ3) is 2.88. The highest BCUT2D eigenvalue weighted by Gasteiger charge is 2.19. The van der Waals surface area contributed by atoms with Gasteiger partial charge in [0.1, 0.15) is 0 Å². The van der Waals surface area contributed by atoms with Gasteiger partial charge in [0, 0.05) is 40.6 Å². The van der Waals surface area contributed by atoms with Crippen molar-refractivity contribution in [2.24, 2.45) is 0 Å². The molecule has 1 aromatic heterocycles. The molecule has 0 saturated heterocycles. The third-order valence-corrected chi connectivity index (χ3v) is 4.41. The van der Waals surface area contributed by atoms with E-state index in [0.29, 0.717) is 19.6 Å². The van der Waals surface area contributed by atoms with E-state index in [1.54, 1.807) is 0 Å². The predicted molar refractivity (Wildman–Crippen MR) is 82.0 cm³/mol. The molecule has 0 spiro atoms. The molecule has 1 N–H and O–H groups in total. The molecule has 1 unspecified atom stereocenters. The Hall–Kier alpha value is -1.33. The largest absolute Gasteiger partial charge is 0.479 e. The number of hydrogen-bond acceptors (Lipinski definition) is 2. The zero-order valence-corrected chi connectivity index (χ0v) is 13.2. The molecule has 0 aliphatic heterocycles. The van der Waals surface area contributed by atoms with E-state index in [1.165, 1.54) is 0 Å². The lowest BCUT2D eigenvalue weighted by Crippen LogP contribution is -2.25. The van der Waals surface area contributed by atoms with E-state index >= 15 is 0 Å². The highest BCUT2D eigenvalue weighted by atomic mass is 79.9. The summed E-state index contributed by atoms with van der Waals surface area (Å²) in [6, 6.07) is 8.09. The van der Waals surface area contributed by atoms with Gasteiger partial charge in [0.05, 0.1) is 0 Å². The van der Waals surface area contributed by atoms with Crippen LogP contribution < -0.4 is 0 Å². The smallest absolute Gasteiger partial charge is 0.332 e. The molecule has 0 aliphatic carbocycles. The number of aliphatic carboxylic acids is 1. The fourth-order valence-corrected chi connectivity index (χ4v) is 2.95. The third-order valence-electron chi connectivity index (χ3n) is 3.41. The molecule has 0 radical (unpaired) electrons.